The Morgan fingerprint density at radius 1 is 0.256 bits per heavy atom. The van der Waals surface area contributed by atoms with Gasteiger partial charge in [0.1, 0.15) is 13.2 Å². The summed E-state index contributed by atoms with van der Waals surface area (Å²) in [6.07, 6.45) is 93.3. The Morgan fingerprint density at radius 2 is 0.476 bits per heavy atom. The van der Waals surface area contributed by atoms with Crippen molar-refractivity contribution in [2.45, 2.75) is 367 Å². The van der Waals surface area contributed by atoms with E-state index in [1.165, 1.54) is 205 Å². The molecule has 1 unspecified atom stereocenters. The Balaban J connectivity index is 4.19. The van der Waals surface area contributed by atoms with E-state index >= 15 is 0 Å². The van der Waals surface area contributed by atoms with E-state index in [0.717, 1.165) is 116 Å². The van der Waals surface area contributed by atoms with Crippen molar-refractivity contribution in [3.05, 3.63) is 85.1 Å². The minimum Gasteiger partial charge on any atom is -0.462 e. The average molecular weight is 1140 g/mol. The predicted octanol–water partition coefficient (Wildman–Crippen LogP) is 24.6. The maximum Gasteiger partial charge on any atom is 0.306 e. The van der Waals surface area contributed by atoms with Crippen LogP contribution in [0.3, 0.4) is 0 Å². The predicted molar refractivity (Wildman–Crippen MR) is 358 cm³/mol. The number of carbonyl (C=O) groups is 3. The molecule has 82 heavy (non-hydrogen) atoms. The molecule has 0 aromatic heterocycles. The number of ether oxygens (including phenoxy) is 3. The summed E-state index contributed by atoms with van der Waals surface area (Å²) in [7, 11) is 0. The highest BCUT2D eigenvalue weighted by Gasteiger charge is 2.19. The Bertz CT molecular complexity index is 1550. The molecule has 0 amide bonds. The lowest BCUT2D eigenvalue weighted by atomic mass is 10.0. The van der Waals surface area contributed by atoms with Crippen LogP contribution in [-0.2, 0) is 28.6 Å². The molecule has 0 aromatic carbocycles. The number of allylic oxidation sites excluding steroid dienone is 14. The zero-order valence-corrected chi connectivity index (χ0v) is 54.5. The maximum absolute atomic E-state index is 12.9. The van der Waals surface area contributed by atoms with Crippen LogP contribution < -0.4 is 0 Å². The third-order valence-electron chi connectivity index (χ3n) is 15.6. The molecule has 6 heteroatoms. The van der Waals surface area contributed by atoms with Crippen LogP contribution in [0.25, 0.3) is 0 Å². The lowest BCUT2D eigenvalue weighted by Gasteiger charge is -2.18. The van der Waals surface area contributed by atoms with Crippen LogP contribution in [0.2, 0.25) is 0 Å². The molecular weight excluding hydrogens is 1010 g/mol. The first-order valence-electron chi connectivity index (χ1n) is 35.6. The van der Waals surface area contributed by atoms with Crippen LogP contribution in [0.4, 0.5) is 0 Å². The normalized spacial score (nSPS) is 12.6. The lowest BCUT2D eigenvalue weighted by molar-refractivity contribution is -0.167. The van der Waals surface area contributed by atoms with E-state index in [2.05, 4.69) is 106 Å². The van der Waals surface area contributed by atoms with Crippen LogP contribution in [0.1, 0.15) is 361 Å². The molecule has 0 radical (unpaired) electrons. The summed E-state index contributed by atoms with van der Waals surface area (Å²) in [4.78, 5) is 38.4. The first kappa shape index (κ1) is 78.6. The summed E-state index contributed by atoms with van der Waals surface area (Å²) in [5.74, 6) is -0.869. The Morgan fingerprint density at radius 3 is 0.756 bits per heavy atom. The molecule has 0 bridgehead atoms. The number of rotatable bonds is 65. The minimum absolute atomic E-state index is 0.0762. The topological polar surface area (TPSA) is 78.9 Å². The summed E-state index contributed by atoms with van der Waals surface area (Å²) in [5.41, 5.74) is 0. The molecular formula is C76H134O6. The highest BCUT2D eigenvalue weighted by molar-refractivity contribution is 5.71. The van der Waals surface area contributed by atoms with E-state index in [4.69, 9.17) is 14.2 Å². The Kier molecular flexibility index (Phi) is 67.2. The van der Waals surface area contributed by atoms with Gasteiger partial charge in [-0.3, -0.25) is 14.4 Å². The number of hydrogen-bond acceptors (Lipinski definition) is 6. The first-order chi connectivity index (χ1) is 40.5. The van der Waals surface area contributed by atoms with Gasteiger partial charge >= 0.3 is 17.9 Å². The van der Waals surface area contributed by atoms with Gasteiger partial charge < -0.3 is 14.2 Å². The number of esters is 3. The first-order valence-corrected chi connectivity index (χ1v) is 35.6. The van der Waals surface area contributed by atoms with Crippen LogP contribution >= 0.6 is 0 Å². The molecule has 0 aromatic rings. The number of unbranched alkanes of at least 4 members (excludes halogenated alkanes) is 40. The van der Waals surface area contributed by atoms with E-state index in [-0.39, 0.29) is 31.1 Å². The molecule has 474 valence electrons. The molecule has 0 fully saturated rings. The van der Waals surface area contributed by atoms with Crippen LogP contribution in [0.15, 0.2) is 85.1 Å². The molecule has 6 nitrogen and oxygen atoms in total. The fourth-order valence-corrected chi connectivity index (χ4v) is 10.3. The Labute approximate surface area is 509 Å². The molecule has 1 atom stereocenters. The van der Waals surface area contributed by atoms with Crippen LogP contribution in [-0.4, -0.2) is 37.2 Å². The smallest absolute Gasteiger partial charge is 0.306 e. The monoisotopic (exact) mass is 1140 g/mol. The fraction of sp³-hybridized carbons (Fsp3) is 0.776. The second kappa shape index (κ2) is 70.1. The van der Waals surface area contributed by atoms with Crippen molar-refractivity contribution >= 4 is 17.9 Å². The SMILES string of the molecule is CC/C=C\C/C=C\C/C=C\C/C=C\C/C=C\CCCCCCCCCCCCCCCCCCCC(=O)OCC(COC(=O)CCCCCCCCCCCCCCCCC)OC(=O)CCCCCCC/C=C\C/C=C\CCCCCC. The van der Waals surface area contributed by atoms with Gasteiger partial charge in [0.05, 0.1) is 0 Å². The summed E-state index contributed by atoms with van der Waals surface area (Å²) in [5, 5.41) is 0. The third kappa shape index (κ3) is 67.4. The van der Waals surface area contributed by atoms with Gasteiger partial charge in [0.25, 0.3) is 0 Å². The van der Waals surface area contributed by atoms with Crippen molar-refractivity contribution in [2.24, 2.45) is 0 Å². The molecule has 0 N–H and O–H groups in total. The standard InChI is InChI=1S/C76H134O6/c1-4-7-10-13-16-19-22-25-28-30-31-32-33-34-35-36-37-38-39-40-41-42-43-44-45-46-49-51-54-57-60-63-66-69-75(78)81-72-73(71-80-74(77)68-65-62-59-56-53-50-47-27-24-21-18-15-12-9-6-3)82-76(79)70-67-64-61-58-55-52-48-29-26-23-20-17-14-11-8-5-2/h7,10,16,19-20,23,25,28-29,31-32,34-35,48,73H,4-6,8-9,11-15,17-18,21-22,24,26-27,30,33,36-47,49-72H2,1-3H3/b10-7-,19-16-,23-20-,28-25-,32-31-,35-34-,48-29-. The quantitative estimate of drug-likeness (QED) is 0.0261. The molecule has 0 aliphatic rings. The van der Waals surface area contributed by atoms with Gasteiger partial charge in [-0.2, -0.15) is 0 Å². The van der Waals surface area contributed by atoms with Crippen molar-refractivity contribution in [3.8, 4) is 0 Å². The van der Waals surface area contributed by atoms with E-state index in [1.807, 2.05) is 0 Å². The summed E-state index contributed by atoms with van der Waals surface area (Å²) < 4.78 is 17.0. The summed E-state index contributed by atoms with van der Waals surface area (Å²) in [6.45, 7) is 6.55. The van der Waals surface area contributed by atoms with E-state index < -0.39 is 6.10 Å². The van der Waals surface area contributed by atoms with E-state index in [0.29, 0.717) is 19.3 Å². The van der Waals surface area contributed by atoms with Gasteiger partial charge in [-0.1, -0.05) is 331 Å². The van der Waals surface area contributed by atoms with Gasteiger partial charge in [0, 0.05) is 19.3 Å². The van der Waals surface area contributed by atoms with Gasteiger partial charge in [0.2, 0.25) is 0 Å². The molecule has 0 rings (SSSR count). The zero-order valence-electron chi connectivity index (χ0n) is 54.5. The zero-order chi connectivity index (χ0) is 59.2. The maximum atomic E-state index is 12.9. The van der Waals surface area contributed by atoms with Gasteiger partial charge in [0.15, 0.2) is 6.10 Å². The number of hydrogen-bond donors (Lipinski definition) is 0. The van der Waals surface area contributed by atoms with E-state index in [1.54, 1.807) is 0 Å². The van der Waals surface area contributed by atoms with Crippen molar-refractivity contribution in [3.63, 3.8) is 0 Å². The van der Waals surface area contributed by atoms with Crippen molar-refractivity contribution in [1.82, 2.24) is 0 Å². The largest absolute Gasteiger partial charge is 0.462 e. The molecule has 0 aliphatic carbocycles. The van der Waals surface area contributed by atoms with E-state index in [9.17, 15) is 14.4 Å². The second-order valence-electron chi connectivity index (χ2n) is 23.8. The van der Waals surface area contributed by atoms with Crippen molar-refractivity contribution < 1.29 is 28.6 Å². The average Bonchev–Trinajstić information content (AvgIpc) is 3.47. The van der Waals surface area contributed by atoms with Gasteiger partial charge in [-0.25, -0.2) is 0 Å². The molecule has 0 spiro atoms. The fourth-order valence-electron chi connectivity index (χ4n) is 10.3. The highest BCUT2D eigenvalue weighted by Crippen LogP contribution is 2.18. The van der Waals surface area contributed by atoms with Gasteiger partial charge in [-0.15, -0.1) is 0 Å². The van der Waals surface area contributed by atoms with Crippen molar-refractivity contribution in [2.75, 3.05) is 13.2 Å². The van der Waals surface area contributed by atoms with Crippen LogP contribution in [0.5, 0.6) is 0 Å². The van der Waals surface area contributed by atoms with Crippen molar-refractivity contribution in [1.29, 1.82) is 0 Å². The summed E-state index contributed by atoms with van der Waals surface area (Å²) >= 11 is 0. The lowest BCUT2D eigenvalue weighted by Crippen LogP contribution is -2.30. The minimum atomic E-state index is -0.781. The summed E-state index contributed by atoms with van der Waals surface area (Å²) in [6, 6.07) is 0. The molecule has 0 saturated carbocycles. The highest BCUT2D eigenvalue weighted by atomic mass is 16.6. The van der Waals surface area contributed by atoms with Gasteiger partial charge in [-0.05, 0) is 96.3 Å². The van der Waals surface area contributed by atoms with Crippen LogP contribution in [0, 0.1) is 0 Å². The third-order valence-corrected chi connectivity index (χ3v) is 15.6. The molecule has 0 aliphatic heterocycles. The molecule has 0 heterocycles. The Hall–Kier alpha value is -3.41. The second-order valence-corrected chi connectivity index (χ2v) is 23.8. The molecule has 0 saturated heterocycles. The number of carbonyl (C=O) groups excluding carboxylic acids is 3.